The van der Waals surface area contributed by atoms with Crippen LogP contribution in [0.4, 0.5) is 5.69 Å². The number of nitrogens with zero attached hydrogens (tertiary/aromatic N) is 3. The van der Waals surface area contributed by atoms with Gasteiger partial charge in [-0.3, -0.25) is 4.31 Å². The van der Waals surface area contributed by atoms with Gasteiger partial charge in [0.15, 0.2) is 0 Å². The standard InChI is InChI=1S/C15H23N3O4S2/c1-16(2)24(21,22)17-10-5-7-14(12-17)23(19,20)18-11-9-13-6-3-4-8-15(13)18/h3-4,6,8,14H,5,7,9-12H2,1-2H3/t14-/m0/s1. The second-order valence-electron chi connectivity index (χ2n) is 6.41. The molecule has 2 aliphatic rings. The third kappa shape index (κ3) is 2.94. The molecular weight excluding hydrogens is 350 g/mol. The van der Waals surface area contributed by atoms with E-state index in [0.717, 1.165) is 15.6 Å². The average Bonchev–Trinajstić information content (AvgIpc) is 2.99. The number of rotatable bonds is 4. The Kier molecular flexibility index (Phi) is 4.63. The minimum Gasteiger partial charge on any atom is -0.269 e. The number of hydrogen-bond acceptors (Lipinski definition) is 4. The van der Waals surface area contributed by atoms with Gasteiger partial charge < -0.3 is 0 Å². The molecule has 0 saturated carbocycles. The van der Waals surface area contributed by atoms with Gasteiger partial charge in [0.05, 0.1) is 10.9 Å². The van der Waals surface area contributed by atoms with E-state index < -0.39 is 25.5 Å². The van der Waals surface area contributed by atoms with Crippen LogP contribution in [-0.4, -0.2) is 64.4 Å². The molecule has 0 radical (unpaired) electrons. The summed E-state index contributed by atoms with van der Waals surface area (Å²) in [6.07, 6.45) is 1.73. The monoisotopic (exact) mass is 373 g/mol. The van der Waals surface area contributed by atoms with Gasteiger partial charge in [0.25, 0.3) is 10.2 Å². The SMILES string of the molecule is CN(C)S(=O)(=O)N1CCC[C@H](S(=O)(=O)N2CCc3ccccc32)C1. The van der Waals surface area contributed by atoms with Crippen LogP contribution in [0.1, 0.15) is 18.4 Å². The Morgan fingerprint density at radius 3 is 2.50 bits per heavy atom. The van der Waals surface area contributed by atoms with Gasteiger partial charge in [-0.05, 0) is 30.9 Å². The predicted octanol–water partition coefficient (Wildman–Crippen LogP) is 0.650. The number of fused-ring (bicyclic) bond motifs is 1. The van der Waals surface area contributed by atoms with Crippen LogP contribution in [0.15, 0.2) is 24.3 Å². The molecule has 0 amide bonds. The molecule has 0 spiro atoms. The molecule has 1 aromatic carbocycles. The van der Waals surface area contributed by atoms with E-state index in [-0.39, 0.29) is 6.54 Å². The highest BCUT2D eigenvalue weighted by molar-refractivity contribution is 7.93. The molecule has 0 N–H and O–H groups in total. The lowest BCUT2D eigenvalue weighted by molar-refractivity contribution is 0.324. The van der Waals surface area contributed by atoms with E-state index in [0.29, 0.717) is 32.4 Å². The molecule has 134 valence electrons. The highest BCUT2D eigenvalue weighted by atomic mass is 32.2. The molecule has 2 aliphatic heterocycles. The highest BCUT2D eigenvalue weighted by Crippen LogP contribution is 2.33. The maximum absolute atomic E-state index is 13.1. The Hall–Kier alpha value is -1.16. The van der Waals surface area contributed by atoms with Gasteiger partial charge in [-0.15, -0.1) is 0 Å². The topological polar surface area (TPSA) is 78.0 Å². The van der Waals surface area contributed by atoms with Crippen LogP contribution in [0.5, 0.6) is 0 Å². The molecule has 2 heterocycles. The van der Waals surface area contributed by atoms with E-state index in [1.54, 1.807) is 0 Å². The zero-order valence-electron chi connectivity index (χ0n) is 13.9. The first-order valence-electron chi connectivity index (χ1n) is 8.01. The molecule has 0 unspecified atom stereocenters. The molecule has 9 heteroatoms. The molecule has 0 aliphatic carbocycles. The maximum Gasteiger partial charge on any atom is 0.281 e. The fraction of sp³-hybridized carbons (Fsp3) is 0.600. The summed E-state index contributed by atoms with van der Waals surface area (Å²) in [6.45, 7) is 0.809. The summed E-state index contributed by atoms with van der Waals surface area (Å²) in [5, 5.41) is -0.702. The van der Waals surface area contributed by atoms with Crippen molar-refractivity contribution in [2.24, 2.45) is 0 Å². The number of anilines is 1. The smallest absolute Gasteiger partial charge is 0.269 e. The lowest BCUT2D eigenvalue weighted by atomic mass is 10.2. The lowest BCUT2D eigenvalue weighted by Gasteiger charge is -2.35. The van der Waals surface area contributed by atoms with Crippen molar-refractivity contribution in [3.8, 4) is 0 Å². The molecule has 1 aromatic rings. The first-order valence-corrected chi connectivity index (χ1v) is 10.9. The molecule has 0 aromatic heterocycles. The van der Waals surface area contributed by atoms with E-state index in [2.05, 4.69) is 0 Å². The first kappa shape index (κ1) is 17.7. The Bertz CT molecular complexity index is 821. The van der Waals surface area contributed by atoms with Gasteiger partial charge in [0.1, 0.15) is 0 Å². The minimum atomic E-state index is -3.59. The van der Waals surface area contributed by atoms with Gasteiger partial charge in [-0.1, -0.05) is 18.2 Å². The summed E-state index contributed by atoms with van der Waals surface area (Å²) in [6, 6.07) is 7.49. The fourth-order valence-corrected chi connectivity index (χ4v) is 6.62. The normalized spacial score (nSPS) is 22.8. The summed E-state index contributed by atoms with van der Waals surface area (Å²) in [5.74, 6) is 0. The Morgan fingerprint density at radius 2 is 1.79 bits per heavy atom. The first-order chi connectivity index (χ1) is 11.2. The summed E-state index contributed by atoms with van der Waals surface area (Å²) >= 11 is 0. The molecule has 0 bridgehead atoms. The van der Waals surface area contributed by atoms with Crippen molar-refractivity contribution in [3.63, 3.8) is 0 Å². The van der Waals surface area contributed by atoms with Gasteiger partial charge in [-0.2, -0.15) is 17.0 Å². The number of piperidine rings is 1. The van der Waals surface area contributed by atoms with E-state index in [4.69, 9.17) is 0 Å². The van der Waals surface area contributed by atoms with Gasteiger partial charge in [0.2, 0.25) is 10.0 Å². The van der Waals surface area contributed by atoms with Crippen LogP contribution in [0.2, 0.25) is 0 Å². The zero-order valence-corrected chi connectivity index (χ0v) is 15.6. The number of benzene rings is 1. The van der Waals surface area contributed by atoms with Crippen molar-refractivity contribution >= 4 is 25.9 Å². The second-order valence-corrected chi connectivity index (χ2v) is 10.7. The van der Waals surface area contributed by atoms with Gasteiger partial charge in [-0.25, -0.2) is 8.42 Å². The Balaban J connectivity index is 1.86. The Labute approximate surface area is 144 Å². The third-order valence-electron chi connectivity index (χ3n) is 4.70. The van der Waals surface area contributed by atoms with Gasteiger partial charge in [0, 0.05) is 33.7 Å². The predicted molar refractivity (Wildman–Crippen MR) is 93.6 cm³/mol. The van der Waals surface area contributed by atoms with Crippen molar-refractivity contribution < 1.29 is 16.8 Å². The zero-order chi connectivity index (χ0) is 17.5. The van der Waals surface area contributed by atoms with Crippen molar-refractivity contribution in [2.45, 2.75) is 24.5 Å². The molecule has 3 rings (SSSR count). The number of para-hydroxylation sites is 1. The maximum atomic E-state index is 13.1. The van der Waals surface area contributed by atoms with Crippen molar-refractivity contribution in [1.29, 1.82) is 0 Å². The van der Waals surface area contributed by atoms with Crippen molar-refractivity contribution in [2.75, 3.05) is 38.0 Å². The number of hydrogen-bond donors (Lipinski definition) is 0. The Morgan fingerprint density at radius 1 is 1.08 bits per heavy atom. The summed E-state index contributed by atoms with van der Waals surface area (Å²) in [7, 11) is -4.25. The third-order valence-corrected chi connectivity index (χ3v) is 8.83. The van der Waals surface area contributed by atoms with Crippen LogP contribution < -0.4 is 4.31 Å². The molecule has 7 nitrogen and oxygen atoms in total. The molecule has 1 atom stereocenters. The summed E-state index contributed by atoms with van der Waals surface area (Å²) in [5.41, 5.74) is 1.75. The second kappa shape index (κ2) is 6.29. The summed E-state index contributed by atoms with van der Waals surface area (Å²) < 4.78 is 54.7. The van der Waals surface area contributed by atoms with Crippen molar-refractivity contribution in [3.05, 3.63) is 29.8 Å². The lowest BCUT2D eigenvalue weighted by Crippen LogP contribution is -2.51. The molecular formula is C15H23N3O4S2. The van der Waals surface area contributed by atoms with E-state index in [9.17, 15) is 16.8 Å². The van der Waals surface area contributed by atoms with E-state index in [1.807, 2.05) is 24.3 Å². The minimum absolute atomic E-state index is 0.0154. The largest absolute Gasteiger partial charge is 0.281 e. The average molecular weight is 374 g/mol. The van der Waals surface area contributed by atoms with Crippen LogP contribution in [0.25, 0.3) is 0 Å². The van der Waals surface area contributed by atoms with E-state index >= 15 is 0 Å². The highest BCUT2D eigenvalue weighted by Gasteiger charge is 2.41. The fourth-order valence-electron chi connectivity index (χ4n) is 3.34. The van der Waals surface area contributed by atoms with Crippen molar-refractivity contribution in [1.82, 2.24) is 8.61 Å². The van der Waals surface area contributed by atoms with Crippen LogP contribution >= 0.6 is 0 Å². The number of sulfonamides is 1. The van der Waals surface area contributed by atoms with E-state index in [1.165, 1.54) is 22.7 Å². The van der Waals surface area contributed by atoms with Crippen LogP contribution in [0.3, 0.4) is 0 Å². The van der Waals surface area contributed by atoms with Crippen LogP contribution in [0, 0.1) is 0 Å². The quantitative estimate of drug-likeness (QED) is 0.776. The summed E-state index contributed by atoms with van der Waals surface area (Å²) in [4.78, 5) is 0. The molecule has 24 heavy (non-hydrogen) atoms. The molecule has 1 fully saturated rings. The van der Waals surface area contributed by atoms with Crippen LogP contribution in [-0.2, 0) is 26.7 Å². The molecule has 1 saturated heterocycles. The van der Waals surface area contributed by atoms with Gasteiger partial charge >= 0.3 is 0 Å².